The second-order valence-electron chi connectivity index (χ2n) is 29.3. The first-order valence-corrected chi connectivity index (χ1v) is 35.9. The van der Waals surface area contributed by atoms with Crippen LogP contribution < -0.4 is 21.3 Å². The second kappa shape index (κ2) is 40.4. The number of aliphatic hydroxyl groups excluding tert-OH is 1. The number of aliphatic hydroxyl groups is 1. The van der Waals surface area contributed by atoms with Crippen LogP contribution in [0.3, 0.4) is 0 Å². The lowest BCUT2D eigenvalue weighted by atomic mass is 9.91. The topological polar surface area (TPSA) is 300 Å². The van der Waals surface area contributed by atoms with Gasteiger partial charge in [-0.1, -0.05) is 95.2 Å². The van der Waals surface area contributed by atoms with Gasteiger partial charge in [0, 0.05) is 88.3 Å². The highest BCUT2D eigenvalue weighted by Gasteiger charge is 2.47. The Balaban J connectivity index is 3.15. The summed E-state index contributed by atoms with van der Waals surface area (Å²) in [7, 11) is 11.5. The lowest BCUT2D eigenvalue weighted by molar-refractivity contribution is -0.157. The third-order valence-electron chi connectivity index (χ3n) is 18.8. The number of nitrogens with one attached hydrogen (secondary N) is 4. The number of thioether (sulfide) groups is 1. The quantitative estimate of drug-likeness (QED) is 0.102. The van der Waals surface area contributed by atoms with E-state index in [0.29, 0.717) is 51.4 Å². The molecule has 13 atom stereocenters. The smallest absolute Gasteiger partial charge is 0.256 e. The van der Waals surface area contributed by atoms with E-state index in [4.69, 9.17) is 9.47 Å². The summed E-state index contributed by atoms with van der Waals surface area (Å²) in [4.78, 5) is 176. The fraction of sp³-hybridized carbons (Fsp3) is 0.814. The third-order valence-corrected chi connectivity index (χ3v) is 20.1. The first-order valence-electron chi connectivity index (χ1n) is 34.9. The molecule has 2 fully saturated rings. The van der Waals surface area contributed by atoms with Gasteiger partial charge in [0.15, 0.2) is 5.37 Å². The Morgan fingerprint density at radius 3 is 1.56 bits per heavy atom. The minimum Gasteiger partial charge on any atom is -0.390 e. The monoisotopic (exact) mass is 1390 g/mol. The molecule has 0 aromatic rings. The Morgan fingerprint density at radius 2 is 1.06 bits per heavy atom. The lowest BCUT2D eigenvalue weighted by Crippen LogP contribution is -2.64. The summed E-state index contributed by atoms with van der Waals surface area (Å²) >= 11 is 1.16. The normalized spacial score (nSPS) is 27.1. The highest BCUT2D eigenvalue weighted by atomic mass is 32.2. The molecular formula is C70H126N12O14S. The molecule has 2 saturated heterocycles. The highest BCUT2D eigenvalue weighted by molar-refractivity contribution is 8.00. The van der Waals surface area contributed by atoms with E-state index in [1.807, 2.05) is 47.6 Å². The summed E-state index contributed by atoms with van der Waals surface area (Å²) in [6.07, 6.45) is 3.15. The van der Waals surface area contributed by atoms with Gasteiger partial charge >= 0.3 is 0 Å². The van der Waals surface area contributed by atoms with E-state index in [2.05, 4.69) is 26.2 Å². The van der Waals surface area contributed by atoms with Crippen molar-refractivity contribution in [3.63, 3.8) is 0 Å². The van der Waals surface area contributed by atoms with Crippen LogP contribution in [-0.4, -0.2) is 282 Å². The summed E-state index contributed by atoms with van der Waals surface area (Å²) in [6, 6.07) is -12.9. The van der Waals surface area contributed by atoms with Crippen LogP contribution in [0.15, 0.2) is 12.2 Å². The molecule has 2 rings (SSSR count). The van der Waals surface area contributed by atoms with E-state index in [0.717, 1.165) is 16.7 Å². The van der Waals surface area contributed by atoms with Crippen molar-refractivity contribution < 1.29 is 67.3 Å². The minimum atomic E-state index is -1.65. The number of amides is 11. The number of rotatable bonds is 21. The summed E-state index contributed by atoms with van der Waals surface area (Å²) in [5, 5.41) is 22.2. The SMILES string of the molecule is C/C=C/C[C@@H](C)[C@@H](O)[C@H]1C(=O)N[C@H](CC)C(=O)N(C)[C@H](SCCN2CCOCC2)C(=O)N(C)[C@@H](CC(C)(C)OC)C(=O)N[C@H](C(C)C)C(=O)N(C)[C@H](CCC(C)C)C(=O)N[C@H](C)C(=O)N[C@@H](C)C(=O)N(C)[C@@H](CC(C)C)C(=O)N(C)[C@H](CC(C)C)C(=O)N(C)[C@H](C(C)C)C(=O)N1C. The average Bonchev–Trinajstić information content (AvgIpc) is 0.807. The van der Waals surface area contributed by atoms with Gasteiger partial charge in [0.1, 0.15) is 60.4 Å². The maximum atomic E-state index is 15.6. The number of carbonyl (C=O) groups is 11. The molecule has 2 aliphatic rings. The van der Waals surface area contributed by atoms with Crippen LogP contribution >= 0.6 is 11.8 Å². The average molecular weight is 1390 g/mol. The van der Waals surface area contributed by atoms with Crippen molar-refractivity contribution in [2.24, 2.45) is 35.5 Å². The minimum absolute atomic E-state index is 0.0187. The van der Waals surface area contributed by atoms with Crippen LogP contribution in [-0.2, 0) is 62.2 Å². The molecule has 0 bridgehead atoms. The van der Waals surface area contributed by atoms with Crippen molar-refractivity contribution in [2.75, 3.05) is 95.0 Å². The molecule has 5 N–H and O–H groups in total. The molecular weight excluding hydrogens is 1260 g/mol. The molecule has 0 aromatic heterocycles. The molecule has 556 valence electrons. The Labute approximate surface area is 584 Å². The van der Waals surface area contributed by atoms with Crippen LogP contribution in [0.25, 0.3) is 0 Å². The number of allylic oxidation sites excluding steroid dienone is 2. The van der Waals surface area contributed by atoms with Crippen molar-refractivity contribution in [2.45, 2.75) is 240 Å². The van der Waals surface area contributed by atoms with Gasteiger partial charge in [0.2, 0.25) is 59.1 Å². The van der Waals surface area contributed by atoms with E-state index in [1.165, 1.54) is 99.7 Å². The predicted molar refractivity (Wildman–Crippen MR) is 378 cm³/mol. The molecule has 0 aromatic carbocycles. The Morgan fingerprint density at radius 1 is 0.567 bits per heavy atom. The molecule has 0 aliphatic carbocycles. The summed E-state index contributed by atoms with van der Waals surface area (Å²) in [5.41, 5.74) is -1.05. The molecule has 0 saturated carbocycles. The first kappa shape index (κ1) is 87.2. The number of morpholine rings is 1. The number of ether oxygens (including phenoxy) is 2. The van der Waals surface area contributed by atoms with Crippen LogP contribution in [0.2, 0.25) is 0 Å². The standard InChI is InChI=1S/C70H126N12O14S/c1-26-28-29-46(13)57(83)56-61(87)73-49(27-2)63(89)81(24)69(97-37-34-82-32-35-96-36-33-82)68(94)78(21)53(40-70(16,17)95-25)60(86)74-54(44(9)10)66(92)75(18)50(31-30-41(3)4)59(85)71-47(14)58(84)72-48(15)62(88)76(19)51(38-42(5)6)64(90)77(20)52(39-43(7)8)65(91)79(22)55(45(11)12)67(93)80(56)23/h26,28,41-57,69,83H,27,29-40H2,1-25H3,(H,71,85)(H,72,84)(H,73,87)(H,74,86)/b28-26+/t46-,47-,48+,49-,50-,51+,52-,53+,54-,55-,56+,57-,69-/m1/s1. The fourth-order valence-corrected chi connectivity index (χ4v) is 13.4. The molecule has 2 aliphatic heterocycles. The van der Waals surface area contributed by atoms with Crippen molar-refractivity contribution in [3.05, 3.63) is 12.2 Å². The van der Waals surface area contributed by atoms with Crippen LogP contribution in [0.1, 0.15) is 163 Å². The summed E-state index contributed by atoms with van der Waals surface area (Å²) in [6.45, 7) is 32.7. The van der Waals surface area contributed by atoms with Crippen LogP contribution in [0, 0.1) is 35.5 Å². The maximum absolute atomic E-state index is 15.6. The molecule has 0 spiro atoms. The molecule has 0 radical (unpaired) electrons. The van der Waals surface area contributed by atoms with Crippen molar-refractivity contribution in [1.82, 2.24) is 60.5 Å². The Bertz CT molecular complexity index is 2650. The van der Waals surface area contributed by atoms with Gasteiger partial charge < -0.3 is 70.1 Å². The Hall–Kier alpha value is -5.90. The van der Waals surface area contributed by atoms with Crippen LogP contribution in [0.4, 0.5) is 0 Å². The number of hydrogen-bond acceptors (Lipinski definition) is 16. The molecule has 27 heteroatoms. The number of methoxy groups -OCH3 is 1. The number of nitrogens with zero attached hydrogens (tertiary/aromatic N) is 8. The zero-order valence-electron chi connectivity index (χ0n) is 63.5. The van der Waals surface area contributed by atoms with Crippen molar-refractivity contribution in [3.8, 4) is 0 Å². The maximum Gasteiger partial charge on any atom is 0.256 e. The molecule has 97 heavy (non-hydrogen) atoms. The van der Waals surface area contributed by atoms with E-state index in [-0.39, 0.29) is 49.9 Å². The highest BCUT2D eigenvalue weighted by Crippen LogP contribution is 2.28. The van der Waals surface area contributed by atoms with Gasteiger partial charge in [0.25, 0.3) is 5.91 Å². The number of hydrogen-bond donors (Lipinski definition) is 5. The van der Waals surface area contributed by atoms with E-state index in [1.54, 1.807) is 68.4 Å². The Kier molecular flexibility index (Phi) is 36.3. The lowest BCUT2D eigenvalue weighted by Gasteiger charge is -2.41. The van der Waals surface area contributed by atoms with Gasteiger partial charge in [-0.2, -0.15) is 0 Å². The zero-order valence-corrected chi connectivity index (χ0v) is 64.3. The molecule has 26 nitrogen and oxygen atoms in total. The molecule has 11 amide bonds. The van der Waals surface area contributed by atoms with Crippen LogP contribution in [0.5, 0.6) is 0 Å². The van der Waals surface area contributed by atoms with E-state index < -0.39 is 160 Å². The van der Waals surface area contributed by atoms with E-state index in [9.17, 15) is 19.5 Å². The summed E-state index contributed by atoms with van der Waals surface area (Å²) in [5.74, 6) is -9.41. The van der Waals surface area contributed by atoms with E-state index >= 15 is 38.4 Å². The zero-order chi connectivity index (χ0) is 74.4. The molecule has 0 unspecified atom stereocenters. The van der Waals surface area contributed by atoms with Gasteiger partial charge in [-0.3, -0.25) is 57.6 Å². The molecule has 2 heterocycles. The van der Waals surface area contributed by atoms with Gasteiger partial charge in [0.05, 0.1) is 24.9 Å². The fourth-order valence-electron chi connectivity index (χ4n) is 12.2. The summed E-state index contributed by atoms with van der Waals surface area (Å²) < 4.78 is 11.4. The third kappa shape index (κ3) is 25.0. The van der Waals surface area contributed by atoms with Crippen molar-refractivity contribution in [1.29, 1.82) is 0 Å². The largest absolute Gasteiger partial charge is 0.390 e. The van der Waals surface area contributed by atoms with Crippen molar-refractivity contribution >= 4 is 76.7 Å². The number of carbonyl (C=O) groups excluding carboxylic acids is 11. The second-order valence-corrected chi connectivity index (χ2v) is 30.5. The predicted octanol–water partition coefficient (Wildman–Crippen LogP) is 3.82. The van der Waals surface area contributed by atoms with Gasteiger partial charge in [-0.05, 0) is 109 Å². The van der Waals surface area contributed by atoms with Gasteiger partial charge in [-0.25, -0.2) is 0 Å². The number of likely N-dealkylation sites (N-methyl/N-ethyl adjacent to an activating group) is 7. The first-order chi connectivity index (χ1) is 45.0. The van der Waals surface area contributed by atoms with Gasteiger partial charge in [-0.15, -0.1) is 11.8 Å².